The molecule has 0 radical (unpaired) electrons. The summed E-state index contributed by atoms with van der Waals surface area (Å²) >= 11 is 0. The molecule has 0 bridgehead atoms. The van der Waals surface area contributed by atoms with Crippen molar-refractivity contribution in [1.29, 1.82) is 0 Å². The normalized spacial score (nSPS) is 11.8. The Morgan fingerprint density at radius 1 is 0.413 bits per heavy atom. The number of para-hydroxylation sites is 3. The van der Waals surface area contributed by atoms with Crippen molar-refractivity contribution in [3.05, 3.63) is 181 Å². The molecule has 2 nitrogen and oxygen atoms in total. The van der Waals surface area contributed by atoms with Crippen LogP contribution in [-0.4, -0.2) is 4.57 Å². The Morgan fingerprint density at radius 3 is 1.83 bits per heavy atom. The van der Waals surface area contributed by atoms with E-state index in [0.717, 1.165) is 17.1 Å². The van der Waals surface area contributed by atoms with Gasteiger partial charge in [-0.3, -0.25) is 0 Å². The topological polar surface area (TPSA) is 8.17 Å². The first-order chi connectivity index (χ1) is 22.8. The third kappa shape index (κ3) is 4.35. The first-order valence-electron chi connectivity index (χ1n) is 15.8. The predicted octanol–water partition coefficient (Wildman–Crippen LogP) is 12.2. The summed E-state index contributed by atoms with van der Waals surface area (Å²) < 4.78 is 2.40. The van der Waals surface area contributed by atoms with E-state index in [9.17, 15) is 0 Å². The van der Waals surface area contributed by atoms with Crippen molar-refractivity contribution in [3.8, 4) is 5.69 Å². The quantitative estimate of drug-likeness (QED) is 0.139. The molecular weight excluding hydrogens is 556 g/mol. The van der Waals surface area contributed by atoms with Gasteiger partial charge in [-0.2, -0.15) is 0 Å². The van der Waals surface area contributed by atoms with Crippen LogP contribution in [0.15, 0.2) is 170 Å². The van der Waals surface area contributed by atoms with Gasteiger partial charge >= 0.3 is 0 Å². The smallest absolute Gasteiger partial charge is 0.0547 e. The molecule has 0 saturated heterocycles. The van der Waals surface area contributed by atoms with E-state index >= 15 is 0 Å². The SMILES string of the molecule is C(=C\c1ccc2c3c1ccc1cccc(c13)n2-c1ccccc1)/c1ccc2cc(N(c3ccccc3)c3ccccc3)ccc2c1. The molecule has 9 aromatic rings. The number of rotatable bonds is 6. The molecule has 46 heavy (non-hydrogen) atoms. The zero-order chi connectivity index (χ0) is 30.5. The number of anilines is 3. The molecule has 1 heterocycles. The van der Waals surface area contributed by atoms with Crippen LogP contribution >= 0.6 is 0 Å². The van der Waals surface area contributed by atoms with E-state index in [1.165, 1.54) is 60.2 Å². The second-order valence-corrected chi connectivity index (χ2v) is 11.8. The van der Waals surface area contributed by atoms with Crippen LogP contribution in [0, 0.1) is 0 Å². The van der Waals surface area contributed by atoms with Crippen LogP contribution in [0.1, 0.15) is 11.1 Å². The highest BCUT2D eigenvalue weighted by atomic mass is 15.1. The summed E-state index contributed by atoms with van der Waals surface area (Å²) in [5, 5.41) is 7.64. The highest BCUT2D eigenvalue weighted by molar-refractivity contribution is 6.25. The van der Waals surface area contributed by atoms with Crippen LogP contribution in [0.2, 0.25) is 0 Å². The summed E-state index contributed by atoms with van der Waals surface area (Å²) in [5.41, 5.74) is 9.50. The van der Waals surface area contributed by atoms with Gasteiger partial charge in [-0.05, 0) is 99.4 Å². The number of hydrogen-bond donors (Lipinski definition) is 0. The zero-order valence-electron chi connectivity index (χ0n) is 25.2. The average molecular weight is 587 g/mol. The Morgan fingerprint density at radius 2 is 1.07 bits per heavy atom. The second-order valence-electron chi connectivity index (χ2n) is 11.8. The van der Waals surface area contributed by atoms with E-state index < -0.39 is 0 Å². The number of nitrogens with zero attached hydrogens (tertiary/aromatic N) is 2. The lowest BCUT2D eigenvalue weighted by Gasteiger charge is -2.25. The fourth-order valence-electron chi connectivity index (χ4n) is 6.99. The van der Waals surface area contributed by atoms with Crippen LogP contribution in [-0.2, 0) is 0 Å². The Kier molecular flexibility index (Phi) is 6.17. The fraction of sp³-hybridized carbons (Fsp3) is 0. The maximum atomic E-state index is 2.40. The standard InChI is InChI=1S/C44H30N2/c1-4-12-36(13-5-1)45(37-14-6-2-7-15-37)39-26-23-34-29-31(20-22-35(34)30-39)19-21-32-25-28-42-44-40(32)27-24-33-11-10-18-41(43(33)44)46(42)38-16-8-3-9-17-38/h1-30H/b21-19+. The van der Waals surface area contributed by atoms with Gasteiger partial charge in [0.2, 0.25) is 0 Å². The Labute approximate surface area is 268 Å². The molecule has 8 aromatic carbocycles. The molecule has 0 aliphatic carbocycles. The van der Waals surface area contributed by atoms with Crippen molar-refractivity contribution >= 4 is 72.6 Å². The maximum Gasteiger partial charge on any atom is 0.0547 e. The van der Waals surface area contributed by atoms with E-state index in [2.05, 4.69) is 191 Å². The third-order valence-electron chi connectivity index (χ3n) is 9.10. The first-order valence-corrected chi connectivity index (χ1v) is 15.8. The second kappa shape index (κ2) is 10.8. The van der Waals surface area contributed by atoms with Gasteiger partial charge in [0, 0.05) is 33.5 Å². The molecule has 0 N–H and O–H groups in total. The summed E-state index contributed by atoms with van der Waals surface area (Å²) in [7, 11) is 0. The van der Waals surface area contributed by atoms with Crippen LogP contribution < -0.4 is 4.90 Å². The van der Waals surface area contributed by atoms with Crippen LogP contribution in [0.5, 0.6) is 0 Å². The average Bonchev–Trinajstić information content (AvgIpc) is 3.47. The van der Waals surface area contributed by atoms with Crippen molar-refractivity contribution in [3.63, 3.8) is 0 Å². The maximum absolute atomic E-state index is 2.40. The van der Waals surface area contributed by atoms with Crippen molar-refractivity contribution in [2.24, 2.45) is 0 Å². The van der Waals surface area contributed by atoms with Crippen molar-refractivity contribution < 1.29 is 0 Å². The van der Waals surface area contributed by atoms with Gasteiger partial charge in [0.25, 0.3) is 0 Å². The fourth-order valence-corrected chi connectivity index (χ4v) is 6.99. The number of aromatic nitrogens is 1. The van der Waals surface area contributed by atoms with Gasteiger partial charge in [0.05, 0.1) is 11.0 Å². The van der Waals surface area contributed by atoms with Gasteiger partial charge in [0.1, 0.15) is 0 Å². The van der Waals surface area contributed by atoms with Crippen molar-refractivity contribution in [2.45, 2.75) is 0 Å². The van der Waals surface area contributed by atoms with Gasteiger partial charge in [-0.25, -0.2) is 0 Å². The minimum atomic E-state index is 1.14. The van der Waals surface area contributed by atoms with E-state index in [1.54, 1.807) is 0 Å². The van der Waals surface area contributed by atoms with Crippen molar-refractivity contribution in [2.75, 3.05) is 4.90 Å². The third-order valence-corrected chi connectivity index (χ3v) is 9.10. The summed E-state index contributed by atoms with van der Waals surface area (Å²) in [6.45, 7) is 0. The van der Waals surface area contributed by atoms with E-state index in [1.807, 2.05) is 0 Å². The first kappa shape index (κ1) is 26.3. The molecule has 0 fully saturated rings. The lowest BCUT2D eigenvalue weighted by molar-refractivity contribution is 1.18. The van der Waals surface area contributed by atoms with Gasteiger partial charge in [0.15, 0.2) is 0 Å². The van der Waals surface area contributed by atoms with Crippen LogP contribution in [0.3, 0.4) is 0 Å². The summed E-state index contributed by atoms with van der Waals surface area (Å²) in [6.07, 6.45) is 4.51. The molecule has 0 aliphatic heterocycles. The number of benzene rings is 8. The summed E-state index contributed by atoms with van der Waals surface area (Å²) in [6, 6.07) is 61.0. The molecule has 0 amide bonds. The largest absolute Gasteiger partial charge is 0.310 e. The molecule has 0 aliphatic rings. The van der Waals surface area contributed by atoms with E-state index in [0.29, 0.717) is 0 Å². The molecule has 1 aromatic heterocycles. The van der Waals surface area contributed by atoms with Crippen LogP contribution in [0.25, 0.3) is 61.2 Å². The van der Waals surface area contributed by atoms with Gasteiger partial charge in [-0.15, -0.1) is 0 Å². The monoisotopic (exact) mass is 586 g/mol. The molecule has 9 rings (SSSR count). The Hall–Kier alpha value is -6.12. The molecule has 0 spiro atoms. The van der Waals surface area contributed by atoms with E-state index in [4.69, 9.17) is 0 Å². The molecule has 0 saturated carbocycles. The molecular formula is C44H30N2. The molecule has 0 atom stereocenters. The van der Waals surface area contributed by atoms with Gasteiger partial charge < -0.3 is 9.47 Å². The van der Waals surface area contributed by atoms with Crippen molar-refractivity contribution in [1.82, 2.24) is 4.57 Å². The highest BCUT2D eigenvalue weighted by Crippen LogP contribution is 2.41. The van der Waals surface area contributed by atoms with E-state index in [-0.39, 0.29) is 0 Å². The summed E-state index contributed by atoms with van der Waals surface area (Å²) in [4.78, 5) is 2.31. The predicted molar refractivity (Wildman–Crippen MR) is 197 cm³/mol. The van der Waals surface area contributed by atoms with Gasteiger partial charge in [-0.1, -0.05) is 115 Å². The number of fused-ring (bicyclic) bond motifs is 1. The Bertz CT molecular complexity index is 2470. The highest BCUT2D eigenvalue weighted by Gasteiger charge is 2.17. The lowest BCUT2D eigenvalue weighted by Crippen LogP contribution is -2.09. The zero-order valence-corrected chi connectivity index (χ0v) is 25.2. The minimum Gasteiger partial charge on any atom is -0.310 e. The van der Waals surface area contributed by atoms with Crippen LogP contribution in [0.4, 0.5) is 17.1 Å². The summed E-state index contributed by atoms with van der Waals surface area (Å²) in [5.74, 6) is 0. The number of hydrogen-bond acceptors (Lipinski definition) is 1. The Balaban J connectivity index is 1.10. The molecule has 216 valence electrons. The molecule has 0 unspecified atom stereocenters. The minimum absolute atomic E-state index is 1.14. The molecule has 2 heteroatoms. The lowest BCUT2D eigenvalue weighted by atomic mass is 9.97.